The summed E-state index contributed by atoms with van der Waals surface area (Å²) in [4.78, 5) is 12.7. The molecule has 2 aliphatic heterocycles. The van der Waals surface area contributed by atoms with Crippen molar-refractivity contribution >= 4 is 25.4 Å². The zero-order valence-electron chi connectivity index (χ0n) is 20.4. The van der Waals surface area contributed by atoms with Crippen molar-refractivity contribution in [1.82, 2.24) is 0 Å². The Morgan fingerprint density at radius 1 is 0.944 bits per heavy atom. The number of rotatable bonds is 7. The van der Waals surface area contributed by atoms with E-state index in [9.17, 15) is 9.90 Å². The summed E-state index contributed by atoms with van der Waals surface area (Å²) in [5.41, 5.74) is 0.454. The van der Waals surface area contributed by atoms with Crippen molar-refractivity contribution in [3.8, 4) is 0 Å². The molecule has 2 aromatic carbocycles. The molecule has 36 heavy (non-hydrogen) atoms. The molecule has 0 aromatic heterocycles. The standard InChI is InChI=1S/C27H32O8Se/c1-30-26-15-9-10-16-27(26,31-2)35-23-21(28)25(36-19-13-7-4-8-14-19)33-20(22(23)34-26)17-32-24(29)18-11-5-3-6-12-18/h3-8,11-14,20-23,25,28H,9-10,15-17H2,1-2H3. The summed E-state index contributed by atoms with van der Waals surface area (Å²) in [6, 6.07) is 18.7. The molecule has 0 radical (unpaired) electrons. The van der Waals surface area contributed by atoms with Gasteiger partial charge in [0.05, 0.1) is 0 Å². The van der Waals surface area contributed by atoms with Gasteiger partial charge < -0.3 is 0 Å². The first kappa shape index (κ1) is 25.8. The zero-order valence-corrected chi connectivity index (χ0v) is 22.1. The molecule has 2 heterocycles. The number of esters is 1. The Morgan fingerprint density at radius 3 is 2.14 bits per heavy atom. The number of ether oxygens (including phenoxy) is 6. The Labute approximate surface area is 217 Å². The van der Waals surface area contributed by atoms with Gasteiger partial charge in [0.15, 0.2) is 0 Å². The SMILES string of the molecule is COC12CCCCC1(OC)OC1C(O)C([Se]c3ccccc3)OC(COC(=O)c3ccccc3)C1O2. The van der Waals surface area contributed by atoms with E-state index in [4.69, 9.17) is 28.4 Å². The molecule has 1 aliphatic carbocycles. The summed E-state index contributed by atoms with van der Waals surface area (Å²) < 4.78 is 38.2. The van der Waals surface area contributed by atoms with Gasteiger partial charge in [0.2, 0.25) is 0 Å². The number of hydrogen-bond donors (Lipinski definition) is 1. The van der Waals surface area contributed by atoms with Gasteiger partial charge in [0.25, 0.3) is 0 Å². The minimum atomic E-state index is -1.15. The Hall–Kier alpha value is -1.81. The molecule has 8 nitrogen and oxygen atoms in total. The van der Waals surface area contributed by atoms with Crippen molar-refractivity contribution in [1.29, 1.82) is 0 Å². The summed E-state index contributed by atoms with van der Waals surface area (Å²) >= 11 is -0.223. The number of methoxy groups -OCH3 is 2. The second-order valence-electron chi connectivity index (χ2n) is 9.22. The maximum atomic E-state index is 12.7. The van der Waals surface area contributed by atoms with Crippen molar-refractivity contribution < 1.29 is 38.3 Å². The zero-order chi connectivity index (χ0) is 25.2. The molecule has 0 bridgehead atoms. The van der Waals surface area contributed by atoms with Crippen molar-refractivity contribution in [2.24, 2.45) is 0 Å². The van der Waals surface area contributed by atoms with E-state index in [0.717, 1.165) is 17.3 Å². The van der Waals surface area contributed by atoms with Gasteiger partial charge in [-0.1, -0.05) is 0 Å². The van der Waals surface area contributed by atoms with Crippen LogP contribution in [0.5, 0.6) is 0 Å². The summed E-state index contributed by atoms with van der Waals surface area (Å²) in [5, 5.41) is 10.9. The minimum absolute atomic E-state index is 0.0495. The first-order valence-corrected chi connectivity index (χ1v) is 14.1. The van der Waals surface area contributed by atoms with Crippen LogP contribution in [0.2, 0.25) is 0 Å². The molecule has 7 atom stereocenters. The van der Waals surface area contributed by atoms with Crippen LogP contribution in [-0.2, 0) is 28.4 Å². The molecule has 0 spiro atoms. The number of fused-ring (bicyclic) bond motifs is 2. The number of benzene rings is 2. The van der Waals surface area contributed by atoms with Gasteiger partial charge >= 0.3 is 217 Å². The summed E-state index contributed by atoms with van der Waals surface area (Å²) in [7, 11) is 3.16. The molecular formula is C27H32O8Se. The molecule has 5 rings (SSSR count). The van der Waals surface area contributed by atoms with Gasteiger partial charge in [-0.25, -0.2) is 0 Å². The van der Waals surface area contributed by atoms with Crippen LogP contribution in [0.4, 0.5) is 0 Å². The Balaban J connectivity index is 1.42. The average Bonchev–Trinajstić information content (AvgIpc) is 2.93. The van der Waals surface area contributed by atoms with E-state index in [2.05, 4.69) is 0 Å². The first-order chi connectivity index (χ1) is 17.5. The van der Waals surface area contributed by atoms with Gasteiger partial charge in [-0.3, -0.25) is 0 Å². The summed E-state index contributed by atoms with van der Waals surface area (Å²) in [6.45, 7) is -0.0495. The average molecular weight is 564 g/mol. The Kier molecular flexibility index (Phi) is 7.81. The summed E-state index contributed by atoms with van der Waals surface area (Å²) in [6.07, 6.45) is -0.145. The van der Waals surface area contributed by atoms with Crippen LogP contribution >= 0.6 is 0 Å². The third-order valence-electron chi connectivity index (χ3n) is 7.15. The van der Waals surface area contributed by atoms with Crippen LogP contribution in [0.25, 0.3) is 0 Å². The Morgan fingerprint density at radius 2 is 1.53 bits per heavy atom. The summed E-state index contributed by atoms with van der Waals surface area (Å²) in [5.74, 6) is -2.74. The molecule has 1 saturated carbocycles. The molecule has 2 saturated heterocycles. The number of aliphatic hydroxyl groups is 1. The van der Waals surface area contributed by atoms with Crippen molar-refractivity contribution in [3.63, 3.8) is 0 Å². The van der Waals surface area contributed by atoms with E-state index in [1.807, 2.05) is 36.4 Å². The van der Waals surface area contributed by atoms with Crippen molar-refractivity contribution in [3.05, 3.63) is 66.2 Å². The van der Waals surface area contributed by atoms with E-state index in [0.29, 0.717) is 18.4 Å². The third kappa shape index (κ3) is 4.75. The van der Waals surface area contributed by atoms with E-state index < -0.39 is 47.0 Å². The fraction of sp³-hybridized carbons (Fsp3) is 0.519. The second-order valence-corrected chi connectivity index (χ2v) is 11.7. The fourth-order valence-electron chi connectivity index (χ4n) is 5.30. The van der Waals surface area contributed by atoms with Crippen molar-refractivity contribution in [2.75, 3.05) is 20.8 Å². The van der Waals surface area contributed by atoms with E-state index in [1.165, 1.54) is 0 Å². The number of hydrogen-bond acceptors (Lipinski definition) is 8. The second kappa shape index (κ2) is 10.9. The predicted octanol–water partition coefficient (Wildman–Crippen LogP) is 2.00. The number of carbonyl (C=O) groups excluding carboxylic acids is 1. The molecule has 9 heteroatoms. The van der Waals surface area contributed by atoms with Gasteiger partial charge in [-0.15, -0.1) is 0 Å². The number of aliphatic hydroxyl groups excluding tert-OH is 1. The van der Waals surface area contributed by atoms with Crippen LogP contribution in [0.1, 0.15) is 36.0 Å². The van der Waals surface area contributed by atoms with Gasteiger partial charge in [-0.05, 0) is 0 Å². The number of carbonyl (C=O) groups is 1. The molecule has 0 amide bonds. The first-order valence-electron chi connectivity index (χ1n) is 12.2. The van der Waals surface area contributed by atoms with Crippen LogP contribution in [0.3, 0.4) is 0 Å². The topological polar surface area (TPSA) is 92.7 Å². The monoisotopic (exact) mass is 564 g/mol. The Bertz CT molecular complexity index is 1020. The van der Waals surface area contributed by atoms with Crippen LogP contribution in [0.15, 0.2) is 60.7 Å². The third-order valence-corrected chi connectivity index (χ3v) is 9.60. The molecular weight excluding hydrogens is 531 g/mol. The predicted molar refractivity (Wildman–Crippen MR) is 131 cm³/mol. The maximum absolute atomic E-state index is 12.7. The molecule has 1 N–H and O–H groups in total. The molecule has 3 fully saturated rings. The quantitative estimate of drug-likeness (QED) is 0.404. The molecule has 7 unspecified atom stereocenters. The fourth-order valence-corrected chi connectivity index (χ4v) is 7.55. The van der Waals surface area contributed by atoms with Crippen molar-refractivity contribution in [2.45, 2.75) is 66.7 Å². The van der Waals surface area contributed by atoms with Crippen LogP contribution in [0, 0.1) is 0 Å². The van der Waals surface area contributed by atoms with E-state index in [-0.39, 0.29) is 21.6 Å². The van der Waals surface area contributed by atoms with Crippen LogP contribution < -0.4 is 4.46 Å². The molecule has 3 aliphatic rings. The van der Waals surface area contributed by atoms with Gasteiger partial charge in [-0.2, -0.15) is 0 Å². The van der Waals surface area contributed by atoms with Gasteiger partial charge in [0, 0.05) is 0 Å². The normalized spacial score (nSPS) is 35.9. The van der Waals surface area contributed by atoms with E-state index >= 15 is 0 Å². The molecule has 194 valence electrons. The van der Waals surface area contributed by atoms with E-state index in [1.54, 1.807) is 38.5 Å². The van der Waals surface area contributed by atoms with Crippen LogP contribution in [-0.4, -0.2) is 87.9 Å². The van der Waals surface area contributed by atoms with Gasteiger partial charge in [0.1, 0.15) is 0 Å². The molecule has 2 aromatic rings.